The topological polar surface area (TPSA) is 141 Å². The van der Waals surface area contributed by atoms with Gasteiger partial charge >= 0.3 is 18.0 Å². The number of carboxylic acid groups (broad SMARTS) is 2. The van der Waals surface area contributed by atoms with Crippen molar-refractivity contribution in [3.05, 3.63) is 0 Å². The fraction of sp³-hybridized carbons (Fsp3) is 0.700. The molecule has 0 aromatic rings. The molecule has 0 bridgehead atoms. The SMILES string of the molecule is CS(=O)(=O)C1CSCCN1C(=O)NC(CC(=O)O)C(=O)O. The number of sulfone groups is 1. The highest BCUT2D eigenvalue weighted by Crippen LogP contribution is 2.20. The quantitative estimate of drug-likeness (QED) is 0.581. The van der Waals surface area contributed by atoms with Crippen molar-refractivity contribution in [3.8, 4) is 0 Å². The van der Waals surface area contributed by atoms with Crippen LogP contribution in [0.15, 0.2) is 0 Å². The van der Waals surface area contributed by atoms with Crippen LogP contribution in [0.2, 0.25) is 0 Å². The van der Waals surface area contributed by atoms with Gasteiger partial charge in [0, 0.05) is 24.3 Å². The van der Waals surface area contributed by atoms with E-state index in [-0.39, 0.29) is 12.3 Å². The number of amides is 2. The molecule has 0 radical (unpaired) electrons. The number of rotatable bonds is 5. The van der Waals surface area contributed by atoms with Crippen LogP contribution in [0.4, 0.5) is 4.79 Å². The van der Waals surface area contributed by atoms with Crippen LogP contribution in [0.5, 0.6) is 0 Å². The lowest BCUT2D eigenvalue weighted by atomic mass is 10.2. The monoisotopic (exact) mass is 340 g/mol. The van der Waals surface area contributed by atoms with Crippen molar-refractivity contribution in [2.75, 3.05) is 24.3 Å². The number of hydrogen-bond acceptors (Lipinski definition) is 6. The molecule has 0 aromatic carbocycles. The number of carbonyl (C=O) groups is 3. The first-order chi connectivity index (χ1) is 9.62. The average molecular weight is 340 g/mol. The fourth-order valence-corrected chi connectivity index (χ4v) is 4.59. The highest BCUT2D eigenvalue weighted by Gasteiger charge is 2.36. The van der Waals surface area contributed by atoms with Crippen molar-refractivity contribution in [1.82, 2.24) is 10.2 Å². The number of thioether (sulfide) groups is 1. The standard InChI is InChI=1S/C10H16N2O7S2/c1-21(18,19)7-5-20-3-2-12(7)10(17)11-6(9(15)16)4-8(13)14/h6-7H,2-5H2,1H3,(H,11,17)(H,13,14)(H,15,16). The molecule has 2 atom stereocenters. The molecule has 1 aliphatic rings. The number of nitrogens with zero attached hydrogens (tertiary/aromatic N) is 1. The summed E-state index contributed by atoms with van der Waals surface area (Å²) in [4.78, 5) is 34.5. The van der Waals surface area contributed by atoms with E-state index in [1.807, 2.05) is 0 Å². The Kier molecular flexibility index (Phi) is 5.84. The maximum atomic E-state index is 12.0. The summed E-state index contributed by atoms with van der Waals surface area (Å²) in [5.41, 5.74) is 0. The van der Waals surface area contributed by atoms with Gasteiger partial charge < -0.3 is 20.4 Å². The molecule has 21 heavy (non-hydrogen) atoms. The Morgan fingerprint density at radius 3 is 2.48 bits per heavy atom. The van der Waals surface area contributed by atoms with Crippen molar-refractivity contribution in [2.45, 2.75) is 17.8 Å². The largest absolute Gasteiger partial charge is 0.481 e. The second-order valence-electron chi connectivity index (χ2n) is 4.49. The van der Waals surface area contributed by atoms with Gasteiger partial charge in [-0.15, -0.1) is 0 Å². The number of urea groups is 1. The van der Waals surface area contributed by atoms with Gasteiger partial charge in [-0.1, -0.05) is 0 Å². The Morgan fingerprint density at radius 1 is 1.38 bits per heavy atom. The van der Waals surface area contributed by atoms with Crippen LogP contribution in [-0.2, 0) is 19.4 Å². The summed E-state index contributed by atoms with van der Waals surface area (Å²) in [6.07, 6.45) is 0.211. The minimum atomic E-state index is -3.52. The minimum absolute atomic E-state index is 0.146. The molecule has 0 aromatic heterocycles. The number of aliphatic carboxylic acids is 2. The van der Waals surface area contributed by atoms with E-state index in [1.54, 1.807) is 0 Å². The van der Waals surface area contributed by atoms with Crippen LogP contribution in [0.3, 0.4) is 0 Å². The normalized spacial score (nSPS) is 20.6. The van der Waals surface area contributed by atoms with E-state index < -0.39 is 45.6 Å². The predicted octanol–water partition coefficient (Wildman–Crippen LogP) is -0.957. The Labute approximate surface area is 125 Å². The summed E-state index contributed by atoms with van der Waals surface area (Å²) in [6.45, 7) is 0.146. The van der Waals surface area contributed by atoms with E-state index >= 15 is 0 Å². The van der Waals surface area contributed by atoms with Crippen LogP contribution in [0.25, 0.3) is 0 Å². The third-order valence-electron chi connectivity index (χ3n) is 2.81. The van der Waals surface area contributed by atoms with Gasteiger partial charge in [-0.3, -0.25) is 4.79 Å². The zero-order valence-electron chi connectivity index (χ0n) is 11.2. The van der Waals surface area contributed by atoms with Crippen molar-refractivity contribution < 1.29 is 33.0 Å². The van der Waals surface area contributed by atoms with Crippen LogP contribution in [0, 0.1) is 0 Å². The van der Waals surface area contributed by atoms with Crippen molar-refractivity contribution >= 4 is 39.6 Å². The molecular formula is C10H16N2O7S2. The summed E-state index contributed by atoms with van der Waals surface area (Å²) >= 11 is 1.38. The maximum Gasteiger partial charge on any atom is 0.326 e. The molecule has 2 amide bonds. The number of nitrogens with one attached hydrogen (secondary N) is 1. The molecule has 1 aliphatic heterocycles. The van der Waals surface area contributed by atoms with Gasteiger partial charge in [0.25, 0.3) is 0 Å². The molecule has 9 nitrogen and oxygen atoms in total. The van der Waals surface area contributed by atoms with Gasteiger partial charge in [0.05, 0.1) is 6.42 Å². The molecule has 0 aliphatic carbocycles. The van der Waals surface area contributed by atoms with Crippen LogP contribution < -0.4 is 5.32 Å². The maximum absolute atomic E-state index is 12.0. The van der Waals surface area contributed by atoms with Gasteiger partial charge in [-0.2, -0.15) is 11.8 Å². The van der Waals surface area contributed by atoms with Crippen molar-refractivity contribution in [3.63, 3.8) is 0 Å². The Morgan fingerprint density at radius 2 is 2.00 bits per heavy atom. The highest BCUT2D eigenvalue weighted by molar-refractivity contribution is 8.00. The highest BCUT2D eigenvalue weighted by atomic mass is 32.2. The zero-order valence-corrected chi connectivity index (χ0v) is 12.8. The molecule has 2 unspecified atom stereocenters. The van der Waals surface area contributed by atoms with E-state index in [2.05, 4.69) is 5.32 Å². The van der Waals surface area contributed by atoms with Crippen LogP contribution in [-0.4, -0.2) is 77.2 Å². The van der Waals surface area contributed by atoms with Crippen LogP contribution >= 0.6 is 11.8 Å². The zero-order chi connectivity index (χ0) is 16.2. The van der Waals surface area contributed by atoms with Gasteiger partial charge in [0.2, 0.25) is 0 Å². The van der Waals surface area contributed by atoms with Gasteiger partial charge in [-0.25, -0.2) is 18.0 Å². The minimum Gasteiger partial charge on any atom is -0.481 e. The molecule has 0 saturated carbocycles. The van der Waals surface area contributed by atoms with E-state index in [4.69, 9.17) is 10.2 Å². The fourth-order valence-electron chi connectivity index (χ4n) is 1.77. The first-order valence-electron chi connectivity index (χ1n) is 5.91. The van der Waals surface area contributed by atoms with Gasteiger partial charge in [0.1, 0.15) is 11.4 Å². The first kappa shape index (κ1) is 17.6. The molecule has 1 rings (SSSR count). The Hall–Kier alpha value is -1.49. The van der Waals surface area contributed by atoms with Crippen molar-refractivity contribution in [1.29, 1.82) is 0 Å². The molecule has 1 fully saturated rings. The number of carbonyl (C=O) groups excluding carboxylic acids is 1. The summed E-state index contributed by atoms with van der Waals surface area (Å²) in [5, 5.41) is 18.5. The lowest BCUT2D eigenvalue weighted by Crippen LogP contribution is -2.56. The predicted molar refractivity (Wildman–Crippen MR) is 74.9 cm³/mol. The Bertz CT molecular complexity index is 534. The molecule has 1 saturated heterocycles. The third kappa shape index (κ3) is 5.08. The van der Waals surface area contributed by atoms with Crippen LogP contribution in [0.1, 0.15) is 6.42 Å². The summed E-state index contributed by atoms with van der Waals surface area (Å²) < 4.78 is 23.3. The molecule has 11 heteroatoms. The Balaban J connectivity index is 2.84. The van der Waals surface area contributed by atoms with E-state index in [0.717, 1.165) is 11.2 Å². The summed E-state index contributed by atoms with van der Waals surface area (Å²) in [6, 6.07) is -2.50. The smallest absolute Gasteiger partial charge is 0.326 e. The van der Waals surface area contributed by atoms with E-state index in [0.29, 0.717) is 5.75 Å². The van der Waals surface area contributed by atoms with Gasteiger partial charge in [-0.05, 0) is 0 Å². The third-order valence-corrected chi connectivity index (χ3v) is 5.46. The first-order valence-corrected chi connectivity index (χ1v) is 9.02. The molecular weight excluding hydrogens is 324 g/mol. The number of hydrogen-bond donors (Lipinski definition) is 3. The molecule has 0 spiro atoms. The second kappa shape index (κ2) is 6.98. The lowest BCUT2D eigenvalue weighted by Gasteiger charge is -2.34. The van der Waals surface area contributed by atoms with Crippen molar-refractivity contribution in [2.24, 2.45) is 0 Å². The molecule has 120 valence electrons. The molecule has 3 N–H and O–H groups in total. The summed E-state index contributed by atoms with van der Waals surface area (Å²) in [7, 11) is -3.52. The van der Waals surface area contributed by atoms with Gasteiger partial charge in [0.15, 0.2) is 9.84 Å². The average Bonchev–Trinajstić information content (AvgIpc) is 2.36. The number of carboxylic acids is 2. The second-order valence-corrected chi connectivity index (χ2v) is 7.84. The van der Waals surface area contributed by atoms with E-state index in [1.165, 1.54) is 11.8 Å². The van der Waals surface area contributed by atoms with E-state index in [9.17, 15) is 22.8 Å². The molecule has 1 heterocycles. The lowest BCUT2D eigenvalue weighted by molar-refractivity contribution is -0.145. The summed E-state index contributed by atoms with van der Waals surface area (Å²) in [5.74, 6) is -2.15.